The molecule has 1 aliphatic rings. The largest absolute Gasteiger partial charge is 0.303 e. The summed E-state index contributed by atoms with van der Waals surface area (Å²) in [6.45, 7) is 8.71. The van der Waals surface area contributed by atoms with Crippen molar-refractivity contribution in [2.75, 3.05) is 19.6 Å². The Balaban J connectivity index is 1.80. The van der Waals surface area contributed by atoms with Gasteiger partial charge in [-0.2, -0.15) is 0 Å². The van der Waals surface area contributed by atoms with Gasteiger partial charge in [0, 0.05) is 13.1 Å². The molecule has 1 fully saturated rings. The fourth-order valence-corrected chi connectivity index (χ4v) is 2.06. The number of likely N-dealkylation sites (tertiary alicyclic amines) is 1. The summed E-state index contributed by atoms with van der Waals surface area (Å²) in [4.78, 5) is 2.61. The minimum absolute atomic E-state index is 1.02. The molecule has 1 saturated heterocycles. The Morgan fingerprint density at radius 2 is 1.69 bits per heavy atom. The Kier molecular flexibility index (Phi) is 5.45. The third-order valence-electron chi connectivity index (χ3n) is 3.19. The van der Waals surface area contributed by atoms with Crippen LogP contribution in [-0.4, -0.2) is 24.5 Å². The molecular formula is C12H25N. The van der Waals surface area contributed by atoms with Crippen LogP contribution in [0, 0.1) is 5.92 Å². The molecule has 0 radical (unpaired) electrons. The van der Waals surface area contributed by atoms with Crippen molar-refractivity contribution in [3.63, 3.8) is 0 Å². The molecule has 0 spiro atoms. The van der Waals surface area contributed by atoms with E-state index in [0.717, 1.165) is 5.92 Å². The van der Waals surface area contributed by atoms with Gasteiger partial charge in [0.15, 0.2) is 0 Å². The summed E-state index contributed by atoms with van der Waals surface area (Å²) in [7, 11) is 0. The first-order valence-corrected chi connectivity index (χ1v) is 6.09. The number of hydrogen-bond acceptors (Lipinski definition) is 1. The molecule has 78 valence electrons. The Bertz CT molecular complexity index is 116. The molecule has 0 aromatic rings. The van der Waals surface area contributed by atoms with Crippen molar-refractivity contribution >= 4 is 0 Å². The highest BCUT2D eigenvalue weighted by Crippen LogP contribution is 2.18. The first kappa shape index (κ1) is 11.0. The molecule has 0 atom stereocenters. The van der Waals surface area contributed by atoms with Crippen LogP contribution in [0.2, 0.25) is 0 Å². The lowest BCUT2D eigenvalue weighted by Crippen LogP contribution is -2.46. The van der Waals surface area contributed by atoms with Crippen LogP contribution in [0.15, 0.2) is 0 Å². The predicted molar refractivity (Wildman–Crippen MR) is 59.0 cm³/mol. The zero-order valence-electron chi connectivity index (χ0n) is 9.39. The number of hydrogen-bond donors (Lipinski definition) is 0. The quantitative estimate of drug-likeness (QED) is 0.547. The minimum atomic E-state index is 1.02. The molecule has 1 nitrogen and oxygen atoms in total. The average molecular weight is 183 g/mol. The third-order valence-corrected chi connectivity index (χ3v) is 3.19. The summed E-state index contributed by atoms with van der Waals surface area (Å²) in [5.74, 6) is 1.02. The van der Waals surface area contributed by atoms with Crippen molar-refractivity contribution in [2.45, 2.75) is 52.4 Å². The summed E-state index contributed by atoms with van der Waals surface area (Å²) in [6.07, 6.45) is 8.49. The fraction of sp³-hybridized carbons (Fsp3) is 1.00. The van der Waals surface area contributed by atoms with Crippen molar-refractivity contribution in [3.8, 4) is 0 Å². The van der Waals surface area contributed by atoms with E-state index in [1.165, 1.54) is 58.2 Å². The zero-order valence-corrected chi connectivity index (χ0v) is 9.39. The van der Waals surface area contributed by atoms with Crippen LogP contribution in [0.25, 0.3) is 0 Å². The van der Waals surface area contributed by atoms with Gasteiger partial charge < -0.3 is 4.90 Å². The van der Waals surface area contributed by atoms with E-state index in [-0.39, 0.29) is 0 Å². The van der Waals surface area contributed by atoms with E-state index in [9.17, 15) is 0 Å². The Labute approximate surface area is 83.5 Å². The van der Waals surface area contributed by atoms with Crippen LogP contribution < -0.4 is 0 Å². The van der Waals surface area contributed by atoms with Crippen molar-refractivity contribution in [1.82, 2.24) is 4.90 Å². The summed E-state index contributed by atoms with van der Waals surface area (Å²) in [5, 5.41) is 0. The molecule has 0 aromatic carbocycles. The molecular weight excluding hydrogens is 158 g/mol. The number of unbranched alkanes of at least 4 members (excludes halogenated alkanes) is 4. The van der Waals surface area contributed by atoms with E-state index < -0.39 is 0 Å². The topological polar surface area (TPSA) is 3.24 Å². The second kappa shape index (κ2) is 6.42. The minimum Gasteiger partial charge on any atom is -0.303 e. The smallest absolute Gasteiger partial charge is 0.00219 e. The van der Waals surface area contributed by atoms with Gasteiger partial charge >= 0.3 is 0 Å². The van der Waals surface area contributed by atoms with Gasteiger partial charge in [-0.3, -0.25) is 0 Å². The maximum atomic E-state index is 2.61. The summed E-state index contributed by atoms with van der Waals surface area (Å²) in [5.41, 5.74) is 0. The van der Waals surface area contributed by atoms with Crippen LogP contribution in [0.3, 0.4) is 0 Å². The number of rotatable bonds is 7. The van der Waals surface area contributed by atoms with E-state index in [4.69, 9.17) is 0 Å². The standard InChI is InChI=1S/C12H25N/c1-3-5-6-7-8-9-13-10-12(4-2)11-13/h12H,3-11H2,1-2H3. The van der Waals surface area contributed by atoms with Gasteiger partial charge in [0.25, 0.3) is 0 Å². The molecule has 0 aromatic heterocycles. The molecule has 0 bridgehead atoms. The molecule has 13 heavy (non-hydrogen) atoms. The first-order valence-electron chi connectivity index (χ1n) is 6.09. The Morgan fingerprint density at radius 1 is 1.00 bits per heavy atom. The van der Waals surface area contributed by atoms with Gasteiger partial charge in [-0.25, -0.2) is 0 Å². The van der Waals surface area contributed by atoms with Crippen molar-refractivity contribution in [1.29, 1.82) is 0 Å². The first-order chi connectivity index (χ1) is 6.36. The van der Waals surface area contributed by atoms with Gasteiger partial charge in [0.1, 0.15) is 0 Å². The lowest BCUT2D eigenvalue weighted by atomic mass is 9.97. The average Bonchev–Trinajstić information content (AvgIpc) is 2.08. The van der Waals surface area contributed by atoms with Crippen LogP contribution >= 0.6 is 0 Å². The van der Waals surface area contributed by atoms with Gasteiger partial charge in [-0.05, 0) is 18.9 Å². The number of nitrogens with zero attached hydrogens (tertiary/aromatic N) is 1. The van der Waals surface area contributed by atoms with Crippen LogP contribution in [0.4, 0.5) is 0 Å². The summed E-state index contributed by atoms with van der Waals surface area (Å²) < 4.78 is 0. The summed E-state index contributed by atoms with van der Waals surface area (Å²) >= 11 is 0. The predicted octanol–water partition coefficient (Wildman–Crippen LogP) is 3.30. The normalized spacial score (nSPS) is 18.9. The maximum Gasteiger partial charge on any atom is 0.00219 e. The molecule has 0 saturated carbocycles. The highest BCUT2D eigenvalue weighted by Gasteiger charge is 2.23. The highest BCUT2D eigenvalue weighted by atomic mass is 15.2. The summed E-state index contributed by atoms with van der Waals surface area (Å²) in [6, 6.07) is 0. The molecule has 0 aliphatic carbocycles. The molecule has 0 N–H and O–H groups in total. The lowest BCUT2D eigenvalue weighted by Gasteiger charge is -2.38. The van der Waals surface area contributed by atoms with E-state index in [0.29, 0.717) is 0 Å². The second-order valence-corrected chi connectivity index (χ2v) is 4.45. The van der Waals surface area contributed by atoms with E-state index in [1.54, 1.807) is 0 Å². The van der Waals surface area contributed by atoms with Gasteiger partial charge in [-0.15, -0.1) is 0 Å². The van der Waals surface area contributed by atoms with Crippen LogP contribution in [-0.2, 0) is 0 Å². The van der Waals surface area contributed by atoms with Crippen LogP contribution in [0.1, 0.15) is 52.4 Å². The van der Waals surface area contributed by atoms with E-state index in [1.807, 2.05) is 0 Å². The second-order valence-electron chi connectivity index (χ2n) is 4.45. The van der Waals surface area contributed by atoms with Gasteiger partial charge in [0.2, 0.25) is 0 Å². The highest BCUT2D eigenvalue weighted by molar-refractivity contribution is 4.77. The molecule has 1 heteroatoms. The molecule has 1 rings (SSSR count). The van der Waals surface area contributed by atoms with Crippen molar-refractivity contribution in [3.05, 3.63) is 0 Å². The third kappa shape index (κ3) is 4.12. The maximum absolute atomic E-state index is 2.61. The monoisotopic (exact) mass is 183 g/mol. The molecule has 1 heterocycles. The van der Waals surface area contributed by atoms with Gasteiger partial charge in [-0.1, -0.05) is 46.0 Å². The fourth-order valence-electron chi connectivity index (χ4n) is 2.06. The van der Waals surface area contributed by atoms with Crippen molar-refractivity contribution in [2.24, 2.45) is 5.92 Å². The molecule has 1 aliphatic heterocycles. The van der Waals surface area contributed by atoms with Crippen LogP contribution in [0.5, 0.6) is 0 Å². The van der Waals surface area contributed by atoms with Gasteiger partial charge in [0.05, 0.1) is 0 Å². The zero-order chi connectivity index (χ0) is 9.52. The Hall–Kier alpha value is -0.0400. The SMILES string of the molecule is CCCCCCCN1CC(CC)C1. The Morgan fingerprint density at radius 3 is 2.31 bits per heavy atom. The van der Waals surface area contributed by atoms with Crippen molar-refractivity contribution < 1.29 is 0 Å². The molecule has 0 unspecified atom stereocenters. The molecule has 0 amide bonds. The van der Waals surface area contributed by atoms with E-state index >= 15 is 0 Å². The lowest BCUT2D eigenvalue weighted by molar-refractivity contribution is 0.0957. The van der Waals surface area contributed by atoms with E-state index in [2.05, 4.69) is 18.7 Å².